The molecule has 0 N–H and O–H groups in total. The Morgan fingerprint density at radius 2 is 1.52 bits per heavy atom. The lowest BCUT2D eigenvalue weighted by molar-refractivity contribution is 0.303. The molecule has 0 amide bonds. The number of benzene rings is 3. The van der Waals surface area contributed by atoms with Gasteiger partial charge in [-0.2, -0.15) is 0 Å². The maximum absolute atomic E-state index is 7.62. The van der Waals surface area contributed by atoms with Crippen molar-refractivity contribution in [1.82, 2.24) is 4.58 Å². The van der Waals surface area contributed by atoms with Crippen LogP contribution in [0.5, 0.6) is 11.5 Å². The molecule has 5 heterocycles. The first-order chi connectivity index (χ1) is 21.4. The third kappa shape index (κ3) is 3.93. The van der Waals surface area contributed by atoms with Gasteiger partial charge in [-0.3, -0.25) is 0 Å². The third-order valence-electron chi connectivity index (χ3n) is 12.5. The Kier molecular flexibility index (Phi) is 5.99. The van der Waals surface area contributed by atoms with Crippen LogP contribution < -0.4 is 24.8 Å². The van der Waals surface area contributed by atoms with E-state index in [2.05, 4.69) is 129 Å². The number of anilines is 1. The highest BCUT2D eigenvalue weighted by molar-refractivity contribution is 5.91. The number of hydrogen-bond acceptors (Lipinski definition) is 2. The minimum absolute atomic E-state index is 0.00168. The molecule has 1 atom stereocenters. The fraction of sp³-hybridized carbons (Fsp3) is 0.512. The van der Waals surface area contributed by atoms with Crippen molar-refractivity contribution in [2.45, 2.75) is 130 Å². The second-order valence-electron chi connectivity index (χ2n) is 17.9. The number of nitrogens with zero attached hydrogens (tertiary/aromatic N) is 2. The lowest BCUT2D eigenvalue weighted by Crippen LogP contribution is -2.56. The van der Waals surface area contributed by atoms with Gasteiger partial charge < -0.3 is 9.64 Å². The average molecular weight is 614 g/mol. The Labute approximate surface area is 276 Å². The zero-order valence-corrected chi connectivity index (χ0v) is 30.4. The molecule has 3 aromatic rings. The van der Waals surface area contributed by atoms with Gasteiger partial charge in [-0.25, -0.2) is 4.58 Å². The molecule has 5 aliphatic rings. The third-order valence-corrected chi connectivity index (χ3v) is 12.5. The van der Waals surface area contributed by atoms with Gasteiger partial charge in [-0.05, 0) is 99.3 Å². The molecule has 1 unspecified atom stereocenters. The molecule has 3 heteroatoms. The molecule has 5 aliphatic heterocycles. The predicted molar refractivity (Wildman–Crippen MR) is 193 cm³/mol. The average Bonchev–Trinajstić information content (AvgIpc) is 2.93. The number of ether oxygens (including phenoxy) is 1. The van der Waals surface area contributed by atoms with Crippen molar-refractivity contribution in [3.63, 3.8) is 0 Å². The molecule has 0 radical (unpaired) electrons. The Bertz CT molecular complexity index is 2050. The molecule has 0 aliphatic carbocycles. The molecule has 0 aromatic heterocycles. The van der Waals surface area contributed by atoms with Crippen LogP contribution in [0.25, 0.3) is 11.1 Å². The summed E-state index contributed by atoms with van der Waals surface area (Å²) in [5.41, 5.74) is 15.2. The van der Waals surface area contributed by atoms with Crippen LogP contribution in [0.4, 0.5) is 5.69 Å². The summed E-state index contributed by atoms with van der Waals surface area (Å²) in [5, 5.41) is 2.66. The number of fused-ring (bicyclic) bond motifs is 4. The molecular weight excluding hydrogens is 560 g/mol. The monoisotopic (exact) mass is 613 g/mol. The summed E-state index contributed by atoms with van der Waals surface area (Å²) in [4.78, 5) is 2.73. The fourth-order valence-corrected chi connectivity index (χ4v) is 10.1. The minimum Gasteiger partial charge on any atom is -0.455 e. The van der Waals surface area contributed by atoms with Gasteiger partial charge in [0.2, 0.25) is 5.36 Å². The van der Waals surface area contributed by atoms with E-state index in [1.165, 1.54) is 71.9 Å². The fourth-order valence-electron chi connectivity index (χ4n) is 10.1. The molecule has 46 heavy (non-hydrogen) atoms. The Balaban J connectivity index is 1.61. The maximum Gasteiger partial charge on any atom is 0.215 e. The standard InChI is InChI=1S/C43H53N2O/c1-24-13-14-28(25(2)19-24)33-31-20-29-26(3)22-42(9,10)44-17-15-40(5,6)34(36(29)44)38(31)46-39-32(33)21-30-27(4)23-43(11,12)45-18-16-41(7,8)35(39)37(30)45/h13-14,19-22,27H,15-18,23H2,1-12H3/q+1. The van der Waals surface area contributed by atoms with Gasteiger partial charge in [0, 0.05) is 70.9 Å². The minimum atomic E-state index is -0.0431. The van der Waals surface area contributed by atoms with Crippen LogP contribution in [0.3, 0.4) is 0 Å². The molecule has 240 valence electrons. The van der Waals surface area contributed by atoms with Crippen LogP contribution in [-0.2, 0) is 10.8 Å². The molecular formula is C43H53N2O+. The summed E-state index contributed by atoms with van der Waals surface area (Å²) in [7, 11) is 0. The molecule has 3 nitrogen and oxygen atoms in total. The van der Waals surface area contributed by atoms with Crippen LogP contribution in [0.1, 0.15) is 139 Å². The van der Waals surface area contributed by atoms with Gasteiger partial charge in [0.25, 0.3) is 0 Å². The second-order valence-corrected chi connectivity index (χ2v) is 17.9. The van der Waals surface area contributed by atoms with Crippen molar-refractivity contribution >= 4 is 16.8 Å². The molecule has 0 bridgehead atoms. The van der Waals surface area contributed by atoms with Crippen molar-refractivity contribution in [3.05, 3.63) is 91.5 Å². The van der Waals surface area contributed by atoms with Gasteiger partial charge in [-0.1, -0.05) is 58.4 Å². The van der Waals surface area contributed by atoms with E-state index in [0.29, 0.717) is 5.92 Å². The molecule has 3 aromatic carbocycles. The van der Waals surface area contributed by atoms with E-state index in [9.17, 15) is 0 Å². The summed E-state index contributed by atoms with van der Waals surface area (Å²) in [6.07, 6.45) is 5.87. The van der Waals surface area contributed by atoms with Crippen molar-refractivity contribution in [2.75, 3.05) is 18.0 Å². The van der Waals surface area contributed by atoms with E-state index in [-0.39, 0.29) is 21.9 Å². The Morgan fingerprint density at radius 3 is 2.24 bits per heavy atom. The Hall–Kier alpha value is -3.33. The lowest BCUT2D eigenvalue weighted by Gasteiger charge is -2.54. The smallest absolute Gasteiger partial charge is 0.215 e. The summed E-state index contributed by atoms with van der Waals surface area (Å²) in [5.74, 6) is 2.67. The van der Waals surface area contributed by atoms with Crippen molar-refractivity contribution in [3.8, 4) is 11.5 Å². The molecule has 0 spiro atoms. The summed E-state index contributed by atoms with van der Waals surface area (Å²) < 4.78 is 10.3. The zero-order valence-electron chi connectivity index (χ0n) is 30.4. The van der Waals surface area contributed by atoms with Crippen molar-refractivity contribution in [1.29, 1.82) is 0 Å². The van der Waals surface area contributed by atoms with Crippen molar-refractivity contribution < 1.29 is 4.74 Å². The highest BCUT2D eigenvalue weighted by atomic mass is 16.5. The molecule has 0 fully saturated rings. The maximum atomic E-state index is 7.62. The second kappa shape index (κ2) is 9.18. The topological polar surface area (TPSA) is 15.5 Å². The van der Waals surface area contributed by atoms with Crippen LogP contribution in [-0.4, -0.2) is 24.2 Å². The van der Waals surface area contributed by atoms with Gasteiger partial charge in [0.05, 0.1) is 5.56 Å². The first-order valence-corrected chi connectivity index (χ1v) is 17.7. The number of allylic oxidation sites excluding steroid dienone is 1. The van der Waals surface area contributed by atoms with Gasteiger partial charge in [0.15, 0.2) is 5.54 Å². The summed E-state index contributed by atoms with van der Waals surface area (Å²) >= 11 is 0. The first kappa shape index (κ1) is 30.0. The van der Waals surface area contributed by atoms with E-state index in [4.69, 9.17) is 4.74 Å². The largest absolute Gasteiger partial charge is 0.455 e. The molecule has 8 rings (SSSR count). The van der Waals surface area contributed by atoms with E-state index in [1.54, 1.807) is 0 Å². The van der Waals surface area contributed by atoms with Gasteiger partial charge in [0.1, 0.15) is 18.0 Å². The predicted octanol–water partition coefficient (Wildman–Crippen LogP) is 8.80. The Morgan fingerprint density at radius 1 is 0.804 bits per heavy atom. The van der Waals surface area contributed by atoms with Crippen LogP contribution in [0, 0.1) is 13.8 Å². The van der Waals surface area contributed by atoms with Gasteiger partial charge >= 0.3 is 0 Å². The summed E-state index contributed by atoms with van der Waals surface area (Å²) in [6, 6.07) is 12.1. The van der Waals surface area contributed by atoms with E-state index in [0.717, 1.165) is 43.9 Å². The molecule has 0 saturated heterocycles. The van der Waals surface area contributed by atoms with Gasteiger partial charge in [-0.15, -0.1) is 0 Å². The quantitative estimate of drug-likeness (QED) is 0.199. The van der Waals surface area contributed by atoms with Crippen LogP contribution in [0.2, 0.25) is 0 Å². The van der Waals surface area contributed by atoms with Crippen LogP contribution in [0.15, 0.2) is 36.4 Å². The van der Waals surface area contributed by atoms with E-state index >= 15 is 0 Å². The first-order valence-electron chi connectivity index (χ1n) is 17.7. The number of rotatable bonds is 1. The van der Waals surface area contributed by atoms with Crippen LogP contribution >= 0.6 is 0 Å². The number of aryl methyl sites for hydroxylation is 2. The highest BCUT2D eigenvalue weighted by Gasteiger charge is 2.49. The number of hydrogen-bond donors (Lipinski definition) is 0. The van der Waals surface area contributed by atoms with E-state index in [1.807, 2.05) is 0 Å². The highest BCUT2D eigenvalue weighted by Crippen LogP contribution is 2.58. The zero-order chi connectivity index (χ0) is 32.9. The van der Waals surface area contributed by atoms with Crippen molar-refractivity contribution in [2.24, 2.45) is 0 Å². The van der Waals surface area contributed by atoms with E-state index < -0.39 is 0 Å². The molecule has 0 saturated carbocycles. The lowest BCUT2D eigenvalue weighted by atomic mass is 9.68. The SMILES string of the molecule is CC1=CC(C)(C)[N+]2=c3c1cc1c(c3C(C)(C)CC2)Oc2c(cc3c4c2C(C)(C)CCN4C(C)(C)CC3C)C=1c1ccc(C)cc1C. The summed E-state index contributed by atoms with van der Waals surface area (Å²) in [6.45, 7) is 30.9. The normalized spacial score (nSPS) is 23.9.